The predicted octanol–water partition coefficient (Wildman–Crippen LogP) is 1.20. The number of hydrogen-bond donors (Lipinski definition) is 4. The summed E-state index contributed by atoms with van der Waals surface area (Å²) in [6.45, 7) is 1.70. The highest BCUT2D eigenvalue weighted by atomic mass is 16.6. The second-order valence-electron chi connectivity index (χ2n) is 12.9. The van der Waals surface area contributed by atoms with Gasteiger partial charge in [0.1, 0.15) is 43.0 Å². The highest BCUT2D eigenvalue weighted by Crippen LogP contribution is 2.44. The van der Waals surface area contributed by atoms with Gasteiger partial charge in [0, 0.05) is 38.8 Å². The van der Waals surface area contributed by atoms with Gasteiger partial charge in [-0.05, 0) is 35.6 Å². The molecule has 2 saturated heterocycles. The van der Waals surface area contributed by atoms with Crippen LogP contribution in [0.15, 0.2) is 53.5 Å². The molecule has 4 N–H and O–H groups in total. The Morgan fingerprint density at radius 2 is 1.76 bits per heavy atom. The lowest BCUT2D eigenvalue weighted by Crippen LogP contribution is -2.58. The summed E-state index contributed by atoms with van der Waals surface area (Å²) < 4.78 is 17.1. The molecule has 6 rings (SSSR count). The molecule has 0 aromatic heterocycles. The first-order valence-electron chi connectivity index (χ1n) is 16.8. The van der Waals surface area contributed by atoms with Gasteiger partial charge < -0.3 is 29.0 Å². The summed E-state index contributed by atoms with van der Waals surface area (Å²) in [4.78, 5) is 69.8. The number of nitrogens with zero attached hydrogens (tertiary/aromatic N) is 3. The van der Waals surface area contributed by atoms with E-state index in [0.717, 1.165) is 22.3 Å². The lowest BCUT2D eigenvalue weighted by molar-refractivity contribution is -0.154. The summed E-state index contributed by atoms with van der Waals surface area (Å²) in [5, 5.41) is 18.2. The number of ether oxygens (including phenoxy) is 3. The fraction of sp³-hybridized carbons (Fsp3) is 0.486. The lowest BCUT2D eigenvalue weighted by atomic mass is 9.98. The van der Waals surface area contributed by atoms with Gasteiger partial charge in [-0.1, -0.05) is 48.5 Å². The summed E-state index contributed by atoms with van der Waals surface area (Å²) in [5.41, 5.74) is 4.54. The van der Waals surface area contributed by atoms with E-state index in [1.54, 1.807) is 11.9 Å². The summed E-state index contributed by atoms with van der Waals surface area (Å²) >= 11 is 0. The zero-order valence-corrected chi connectivity index (χ0v) is 28.0. The molecule has 0 bridgehead atoms. The molecule has 15 nitrogen and oxygen atoms in total. The Bertz CT molecular complexity index is 1620. The number of guanidine groups is 1. The number of aliphatic hydroxyl groups is 1. The maximum absolute atomic E-state index is 12.9. The first kappa shape index (κ1) is 35.1. The van der Waals surface area contributed by atoms with Crippen LogP contribution in [0.2, 0.25) is 0 Å². The first-order valence-corrected chi connectivity index (χ1v) is 16.8. The normalized spacial score (nSPS) is 24.0. The number of fused-ring (bicyclic) bond motifs is 4. The van der Waals surface area contributed by atoms with Crippen molar-refractivity contribution in [3.8, 4) is 11.1 Å². The first-order chi connectivity index (χ1) is 24.1. The van der Waals surface area contributed by atoms with Crippen molar-refractivity contribution in [2.24, 2.45) is 4.99 Å². The van der Waals surface area contributed by atoms with Gasteiger partial charge in [-0.3, -0.25) is 30.3 Å². The Morgan fingerprint density at radius 1 is 1.06 bits per heavy atom. The van der Waals surface area contributed by atoms with Crippen molar-refractivity contribution in [3.63, 3.8) is 0 Å². The number of carbonyl (C=O) groups excluding carboxylic acids is 5. The van der Waals surface area contributed by atoms with E-state index < -0.39 is 55.2 Å². The van der Waals surface area contributed by atoms with Gasteiger partial charge in [0.2, 0.25) is 17.8 Å². The van der Waals surface area contributed by atoms with Crippen LogP contribution in [0.5, 0.6) is 0 Å². The number of hydrogen-bond acceptors (Lipinski definition) is 12. The van der Waals surface area contributed by atoms with Crippen LogP contribution < -0.4 is 16.0 Å². The van der Waals surface area contributed by atoms with E-state index in [0.29, 0.717) is 6.42 Å². The van der Waals surface area contributed by atoms with Gasteiger partial charge in [0.15, 0.2) is 0 Å². The molecule has 5 atom stereocenters. The maximum atomic E-state index is 12.9. The Morgan fingerprint density at radius 3 is 2.44 bits per heavy atom. The topological polar surface area (TPSA) is 188 Å². The number of rotatable bonds is 12. The van der Waals surface area contributed by atoms with Gasteiger partial charge in [0.25, 0.3) is 0 Å². The number of aliphatic imine (C=N–C) groups is 1. The van der Waals surface area contributed by atoms with E-state index in [2.05, 4.69) is 45.2 Å². The minimum atomic E-state index is -0.785. The fourth-order valence-electron chi connectivity index (χ4n) is 6.83. The van der Waals surface area contributed by atoms with Crippen LogP contribution in [0.25, 0.3) is 11.1 Å². The molecule has 1 aliphatic carbocycles. The molecule has 0 spiro atoms. The van der Waals surface area contributed by atoms with E-state index in [1.807, 2.05) is 24.3 Å². The molecule has 2 aromatic carbocycles. The third kappa shape index (κ3) is 7.70. The highest BCUT2D eigenvalue weighted by Gasteiger charge is 2.49. The molecule has 3 amide bonds. The van der Waals surface area contributed by atoms with Gasteiger partial charge in [-0.25, -0.2) is 14.7 Å². The van der Waals surface area contributed by atoms with Gasteiger partial charge >= 0.3 is 12.1 Å². The number of benzene rings is 2. The standard InChI is InChI=1S/C35H42N6O9/c1-20(43)13-14-30(45)50-26-16-29(49-27(26)17-42)41-19-36-31-32(41)38-34(39-33(31)46)37-28(44)12-7-15-40(2)35(47)48-18-25-23-10-5-3-8-21(23)22-9-4-6-11-24(22)25/h3-6,8-11,25-27,29,31-32,36,42H,7,12-19H2,1-2H3,(H2,37,38,39,44,46)/t26?,27-,29+,31?,32?/m1/s1. The summed E-state index contributed by atoms with van der Waals surface area (Å²) in [5.74, 6) is -1.54. The summed E-state index contributed by atoms with van der Waals surface area (Å²) in [6.07, 6.45) is -2.75. The molecular weight excluding hydrogens is 648 g/mol. The smallest absolute Gasteiger partial charge is 0.409 e. The van der Waals surface area contributed by atoms with Crippen molar-refractivity contribution in [1.29, 1.82) is 0 Å². The molecule has 3 aliphatic heterocycles. The zero-order chi connectivity index (χ0) is 35.4. The maximum Gasteiger partial charge on any atom is 0.409 e. The van der Waals surface area contributed by atoms with Gasteiger partial charge in [-0.2, -0.15) is 0 Å². The fourth-order valence-corrected chi connectivity index (χ4v) is 6.83. The summed E-state index contributed by atoms with van der Waals surface area (Å²) in [7, 11) is 1.62. The Hall–Kier alpha value is -4.70. The monoisotopic (exact) mass is 690 g/mol. The van der Waals surface area contributed by atoms with Gasteiger partial charge in [0.05, 0.1) is 19.7 Å². The van der Waals surface area contributed by atoms with Crippen molar-refractivity contribution in [2.75, 3.05) is 33.5 Å². The molecule has 2 fully saturated rings. The van der Waals surface area contributed by atoms with Crippen LogP contribution in [0, 0.1) is 0 Å². The molecule has 0 radical (unpaired) electrons. The van der Waals surface area contributed by atoms with E-state index in [1.165, 1.54) is 11.8 Å². The SMILES string of the molecule is CC(=O)CCC(=O)OC1C[C@@H](N2CNC3C(=O)NC(NC(=O)CCCN(C)C(=O)OCC4c5ccccc5-c5ccccc54)=NC32)O[C@@H]1CO. The van der Waals surface area contributed by atoms with Crippen molar-refractivity contribution in [1.82, 2.24) is 25.8 Å². The highest BCUT2D eigenvalue weighted by molar-refractivity contribution is 6.07. The quantitative estimate of drug-likeness (QED) is 0.234. The Balaban J connectivity index is 0.972. The van der Waals surface area contributed by atoms with E-state index >= 15 is 0 Å². The van der Waals surface area contributed by atoms with Gasteiger partial charge in [-0.15, -0.1) is 0 Å². The van der Waals surface area contributed by atoms with Crippen LogP contribution in [-0.4, -0.2) is 115 Å². The second kappa shape index (κ2) is 15.5. The van der Waals surface area contributed by atoms with E-state index in [4.69, 9.17) is 14.2 Å². The number of Topliss-reactive ketones (excluding diaryl/α,β-unsaturated/α-hetero) is 1. The zero-order valence-electron chi connectivity index (χ0n) is 28.0. The lowest BCUT2D eigenvalue weighted by Gasteiger charge is -2.31. The predicted molar refractivity (Wildman–Crippen MR) is 178 cm³/mol. The average molecular weight is 691 g/mol. The number of ketones is 1. The van der Waals surface area contributed by atoms with E-state index in [-0.39, 0.29) is 69.1 Å². The largest absolute Gasteiger partial charge is 0.459 e. The molecular formula is C35H42N6O9. The number of carbonyl (C=O) groups is 5. The molecule has 266 valence electrons. The number of nitrogens with one attached hydrogen (secondary N) is 3. The number of amides is 3. The van der Waals surface area contributed by atoms with Crippen LogP contribution in [0.3, 0.4) is 0 Å². The molecule has 3 unspecified atom stereocenters. The van der Waals surface area contributed by atoms with Crippen molar-refractivity contribution in [3.05, 3.63) is 59.7 Å². The van der Waals surface area contributed by atoms with Crippen LogP contribution >= 0.6 is 0 Å². The second-order valence-corrected chi connectivity index (χ2v) is 12.9. The number of esters is 1. The Kier molecular flexibility index (Phi) is 10.9. The van der Waals surface area contributed by atoms with Crippen LogP contribution in [-0.2, 0) is 33.4 Å². The summed E-state index contributed by atoms with van der Waals surface area (Å²) in [6, 6.07) is 15.5. The molecule has 0 saturated carbocycles. The molecule has 50 heavy (non-hydrogen) atoms. The minimum absolute atomic E-state index is 0.0104. The van der Waals surface area contributed by atoms with Crippen molar-refractivity contribution < 1.29 is 43.3 Å². The number of aliphatic hydroxyl groups excluding tert-OH is 1. The van der Waals surface area contributed by atoms with Crippen LogP contribution in [0.4, 0.5) is 4.79 Å². The third-order valence-electron chi connectivity index (χ3n) is 9.41. The molecule has 4 aliphatic rings. The molecule has 3 heterocycles. The minimum Gasteiger partial charge on any atom is -0.459 e. The average Bonchev–Trinajstić information content (AvgIpc) is 3.80. The van der Waals surface area contributed by atoms with Crippen molar-refractivity contribution >= 4 is 35.6 Å². The van der Waals surface area contributed by atoms with Crippen molar-refractivity contribution in [2.45, 2.75) is 75.6 Å². The molecule has 2 aromatic rings. The van der Waals surface area contributed by atoms with E-state index in [9.17, 15) is 29.1 Å². The van der Waals surface area contributed by atoms with Crippen LogP contribution in [0.1, 0.15) is 56.1 Å². The third-order valence-corrected chi connectivity index (χ3v) is 9.41. The Labute approximate surface area is 289 Å². The molecule has 15 heteroatoms.